The first kappa shape index (κ1) is 12.3. The number of hydrogen-bond acceptors (Lipinski definition) is 4. The van der Waals surface area contributed by atoms with Crippen LogP contribution in [-0.2, 0) is 0 Å². The fourth-order valence-corrected chi connectivity index (χ4v) is 1.32. The third kappa shape index (κ3) is 2.75. The summed E-state index contributed by atoms with van der Waals surface area (Å²) in [7, 11) is 0. The van der Waals surface area contributed by atoms with Crippen molar-refractivity contribution in [3.05, 3.63) is 52.8 Å². The zero-order valence-electron chi connectivity index (χ0n) is 8.93. The average molecular weight is 268 g/mol. The Morgan fingerprint density at radius 1 is 1.22 bits per heavy atom. The average Bonchev–Trinajstić information content (AvgIpc) is 2.34. The van der Waals surface area contributed by atoms with Gasteiger partial charge in [-0.1, -0.05) is 11.6 Å². The van der Waals surface area contributed by atoms with E-state index in [4.69, 9.17) is 16.3 Å². The van der Waals surface area contributed by atoms with Gasteiger partial charge in [0.15, 0.2) is 0 Å². The highest BCUT2D eigenvalue weighted by molar-refractivity contribution is 6.31. The van der Waals surface area contributed by atoms with Gasteiger partial charge in [0.1, 0.15) is 10.8 Å². The summed E-state index contributed by atoms with van der Waals surface area (Å²) in [5, 5.41) is 9.29. The van der Waals surface area contributed by atoms with Crippen LogP contribution in [0.1, 0.15) is 10.4 Å². The van der Waals surface area contributed by atoms with Gasteiger partial charge >= 0.3 is 5.97 Å². The van der Waals surface area contributed by atoms with Crippen LogP contribution in [0.15, 0.2) is 36.4 Å². The molecule has 18 heavy (non-hydrogen) atoms. The van der Waals surface area contributed by atoms with Gasteiger partial charge in [0, 0.05) is 6.07 Å². The van der Waals surface area contributed by atoms with E-state index in [1.165, 1.54) is 24.3 Å². The molecule has 0 aliphatic rings. The molecule has 6 heteroatoms. The number of aromatic hydroxyl groups is 1. The molecule has 1 aromatic carbocycles. The maximum absolute atomic E-state index is 12.7. The molecular formula is C12H7ClFNO3. The van der Waals surface area contributed by atoms with Crippen LogP contribution in [0.3, 0.4) is 0 Å². The molecule has 92 valence electrons. The Balaban J connectivity index is 2.16. The molecule has 0 aliphatic carbocycles. The van der Waals surface area contributed by atoms with Gasteiger partial charge in [-0.3, -0.25) is 0 Å². The van der Waals surface area contributed by atoms with E-state index in [0.29, 0.717) is 0 Å². The first-order valence-corrected chi connectivity index (χ1v) is 5.27. The number of benzene rings is 1. The second-order valence-corrected chi connectivity index (χ2v) is 3.76. The van der Waals surface area contributed by atoms with E-state index < -0.39 is 17.7 Å². The van der Waals surface area contributed by atoms with Gasteiger partial charge in [0.25, 0.3) is 0 Å². The van der Waals surface area contributed by atoms with E-state index in [1.54, 1.807) is 0 Å². The van der Waals surface area contributed by atoms with Crippen LogP contribution in [-0.4, -0.2) is 16.1 Å². The van der Waals surface area contributed by atoms with Crippen molar-refractivity contribution in [1.29, 1.82) is 0 Å². The van der Waals surface area contributed by atoms with E-state index in [1.807, 2.05) is 0 Å². The van der Waals surface area contributed by atoms with Crippen molar-refractivity contribution in [3.8, 4) is 11.8 Å². The molecule has 0 amide bonds. The number of halogens is 2. The van der Waals surface area contributed by atoms with Gasteiger partial charge in [-0.2, -0.15) is 4.98 Å². The minimum absolute atomic E-state index is 0.0524. The van der Waals surface area contributed by atoms with Crippen LogP contribution in [0.5, 0.6) is 11.8 Å². The van der Waals surface area contributed by atoms with Crippen LogP contribution in [0.2, 0.25) is 5.02 Å². The van der Waals surface area contributed by atoms with Crippen LogP contribution in [0.25, 0.3) is 0 Å². The Hall–Kier alpha value is -2.14. The van der Waals surface area contributed by atoms with E-state index in [2.05, 4.69) is 4.98 Å². The number of esters is 1. The normalized spacial score (nSPS) is 10.1. The lowest BCUT2D eigenvalue weighted by molar-refractivity contribution is 0.0727. The standard InChI is InChI=1S/C12H7ClFNO3/c13-9-5-6-10(15-11(9)16)18-12(17)7-1-3-8(14)4-2-7/h1-6H,(H,15,16). The zero-order chi connectivity index (χ0) is 13.1. The Morgan fingerprint density at radius 2 is 1.89 bits per heavy atom. The molecule has 0 atom stereocenters. The summed E-state index contributed by atoms with van der Waals surface area (Å²) in [4.78, 5) is 15.2. The molecule has 0 aliphatic heterocycles. The predicted octanol–water partition coefficient (Wildman–Crippen LogP) is 2.80. The number of nitrogens with zero attached hydrogens (tertiary/aromatic N) is 1. The van der Waals surface area contributed by atoms with Crippen molar-refractivity contribution in [2.45, 2.75) is 0 Å². The minimum Gasteiger partial charge on any atom is -0.492 e. The second-order valence-electron chi connectivity index (χ2n) is 3.35. The highest BCUT2D eigenvalue weighted by Gasteiger charge is 2.11. The maximum Gasteiger partial charge on any atom is 0.344 e. The molecular weight excluding hydrogens is 261 g/mol. The number of aromatic nitrogens is 1. The molecule has 0 bridgehead atoms. The highest BCUT2D eigenvalue weighted by atomic mass is 35.5. The Kier molecular flexibility index (Phi) is 3.43. The van der Waals surface area contributed by atoms with Crippen LogP contribution >= 0.6 is 11.6 Å². The van der Waals surface area contributed by atoms with E-state index >= 15 is 0 Å². The van der Waals surface area contributed by atoms with Gasteiger partial charge in [0.2, 0.25) is 11.8 Å². The molecule has 0 saturated heterocycles. The zero-order valence-corrected chi connectivity index (χ0v) is 9.69. The fourth-order valence-electron chi connectivity index (χ4n) is 1.21. The summed E-state index contributed by atoms with van der Waals surface area (Å²) in [5.41, 5.74) is 0.174. The summed E-state index contributed by atoms with van der Waals surface area (Å²) in [6.45, 7) is 0. The molecule has 2 rings (SSSR count). The SMILES string of the molecule is O=C(Oc1ccc(Cl)c(O)n1)c1ccc(F)cc1. The molecule has 1 aromatic heterocycles. The lowest BCUT2D eigenvalue weighted by atomic mass is 10.2. The Labute approximate surface area is 107 Å². The second kappa shape index (κ2) is 5.01. The topological polar surface area (TPSA) is 59.4 Å². The number of pyridine rings is 1. The molecule has 0 fully saturated rings. The molecule has 0 spiro atoms. The van der Waals surface area contributed by atoms with Crippen molar-refractivity contribution in [2.75, 3.05) is 0 Å². The smallest absolute Gasteiger partial charge is 0.344 e. The Morgan fingerprint density at radius 3 is 2.50 bits per heavy atom. The molecule has 2 aromatic rings. The number of ether oxygens (including phenoxy) is 1. The molecule has 0 radical (unpaired) electrons. The lowest BCUT2D eigenvalue weighted by Crippen LogP contribution is -2.09. The third-order valence-corrected chi connectivity index (χ3v) is 2.37. The summed E-state index contributed by atoms with van der Waals surface area (Å²) in [5.74, 6) is -1.68. The first-order chi connectivity index (χ1) is 8.56. The minimum atomic E-state index is -0.704. The van der Waals surface area contributed by atoms with Crippen LogP contribution in [0.4, 0.5) is 4.39 Å². The van der Waals surface area contributed by atoms with Crippen LogP contribution in [0, 0.1) is 5.82 Å². The molecule has 0 saturated carbocycles. The molecule has 0 unspecified atom stereocenters. The quantitative estimate of drug-likeness (QED) is 0.850. The predicted molar refractivity (Wildman–Crippen MR) is 62.3 cm³/mol. The highest BCUT2D eigenvalue weighted by Crippen LogP contribution is 2.23. The maximum atomic E-state index is 12.7. The van der Waals surface area contributed by atoms with E-state index in [-0.39, 0.29) is 16.5 Å². The van der Waals surface area contributed by atoms with E-state index in [0.717, 1.165) is 12.1 Å². The van der Waals surface area contributed by atoms with Gasteiger partial charge in [0.05, 0.1) is 5.56 Å². The van der Waals surface area contributed by atoms with Gasteiger partial charge in [-0.15, -0.1) is 0 Å². The molecule has 1 heterocycles. The largest absolute Gasteiger partial charge is 0.492 e. The fraction of sp³-hybridized carbons (Fsp3) is 0. The Bertz CT molecular complexity index is 586. The first-order valence-electron chi connectivity index (χ1n) is 4.89. The monoisotopic (exact) mass is 267 g/mol. The lowest BCUT2D eigenvalue weighted by Gasteiger charge is -2.04. The van der Waals surface area contributed by atoms with E-state index in [9.17, 15) is 14.3 Å². The summed E-state index contributed by atoms with van der Waals surface area (Å²) in [6.07, 6.45) is 0. The van der Waals surface area contributed by atoms with Crippen molar-refractivity contribution in [3.63, 3.8) is 0 Å². The third-order valence-electron chi connectivity index (χ3n) is 2.08. The molecule has 1 N–H and O–H groups in total. The summed E-state index contributed by atoms with van der Waals surface area (Å²) in [6, 6.07) is 7.54. The number of hydrogen-bond donors (Lipinski definition) is 1. The van der Waals surface area contributed by atoms with Gasteiger partial charge in [-0.05, 0) is 30.3 Å². The summed E-state index contributed by atoms with van der Waals surface area (Å²) < 4.78 is 17.5. The van der Waals surface area contributed by atoms with Crippen molar-refractivity contribution in [1.82, 2.24) is 4.98 Å². The molecule has 4 nitrogen and oxygen atoms in total. The number of rotatable bonds is 2. The van der Waals surface area contributed by atoms with Gasteiger partial charge < -0.3 is 9.84 Å². The summed E-state index contributed by atoms with van der Waals surface area (Å²) >= 11 is 5.56. The van der Waals surface area contributed by atoms with Gasteiger partial charge in [-0.25, -0.2) is 9.18 Å². The van der Waals surface area contributed by atoms with Crippen molar-refractivity contribution in [2.24, 2.45) is 0 Å². The van der Waals surface area contributed by atoms with Crippen molar-refractivity contribution >= 4 is 17.6 Å². The number of carbonyl (C=O) groups excluding carboxylic acids is 1. The van der Waals surface area contributed by atoms with Crippen molar-refractivity contribution < 1.29 is 19.0 Å². The number of carbonyl (C=O) groups is 1. The van der Waals surface area contributed by atoms with Crippen LogP contribution < -0.4 is 4.74 Å².